The maximum absolute atomic E-state index is 12.5. The Morgan fingerprint density at radius 3 is 2.50 bits per heavy atom. The van der Waals surface area contributed by atoms with Gasteiger partial charge in [0.05, 0.1) is 23.6 Å². The number of carbonyl (C=O) groups is 1. The number of fused-ring (bicyclic) bond motifs is 1. The first kappa shape index (κ1) is 23.6. The molecular weight excluding hydrogens is 446 g/mol. The number of aryl methyl sites for hydroxylation is 2. The number of hydrogen-bond donors (Lipinski definition) is 1. The van der Waals surface area contributed by atoms with Gasteiger partial charge in [0.1, 0.15) is 18.2 Å². The van der Waals surface area contributed by atoms with Gasteiger partial charge in [0.15, 0.2) is 0 Å². The molecule has 0 bridgehead atoms. The average Bonchev–Trinajstić information content (AvgIpc) is 3.21. The first-order valence-electron chi connectivity index (χ1n) is 11.3. The fraction of sp³-hybridized carbons (Fsp3) is 0.214. The van der Waals surface area contributed by atoms with E-state index in [0.29, 0.717) is 13.2 Å². The smallest absolute Gasteiger partial charge is 0.244 e. The molecule has 4 rings (SSSR count). The van der Waals surface area contributed by atoms with Gasteiger partial charge >= 0.3 is 0 Å². The molecule has 34 heavy (non-hydrogen) atoms. The van der Waals surface area contributed by atoms with Gasteiger partial charge in [-0.3, -0.25) is 4.79 Å². The van der Waals surface area contributed by atoms with Crippen molar-refractivity contribution < 1.29 is 9.53 Å². The van der Waals surface area contributed by atoms with E-state index in [0.717, 1.165) is 44.3 Å². The van der Waals surface area contributed by atoms with E-state index < -0.39 is 0 Å². The molecule has 1 aromatic heterocycles. The summed E-state index contributed by atoms with van der Waals surface area (Å²) in [5.74, 6) is 1.41. The van der Waals surface area contributed by atoms with Crippen molar-refractivity contribution >= 4 is 34.6 Å². The standard InChI is InChI=1S/C28H28ClN3O2/c1-19-17-23(18-20(2)27(19)29)34-16-15-32-25-12-8-7-11-24(25)31-28(32)21(3)30-26(33)14-13-22-9-5-4-6-10-22/h4-14,17-18,21H,15-16H2,1-3H3,(H,30,33)/b14-13-. The van der Waals surface area contributed by atoms with Gasteiger partial charge in [-0.15, -0.1) is 0 Å². The lowest BCUT2D eigenvalue weighted by atomic mass is 10.1. The maximum Gasteiger partial charge on any atom is 0.244 e. The first-order chi connectivity index (χ1) is 16.4. The molecule has 0 aliphatic carbocycles. The van der Waals surface area contributed by atoms with Crippen molar-refractivity contribution in [2.45, 2.75) is 33.4 Å². The second kappa shape index (κ2) is 10.6. The molecule has 1 N–H and O–H groups in total. The lowest BCUT2D eigenvalue weighted by Gasteiger charge is -2.16. The molecule has 0 aliphatic rings. The highest BCUT2D eigenvalue weighted by Gasteiger charge is 2.18. The van der Waals surface area contributed by atoms with Crippen LogP contribution < -0.4 is 10.1 Å². The van der Waals surface area contributed by atoms with Crippen LogP contribution in [0.5, 0.6) is 5.75 Å². The van der Waals surface area contributed by atoms with Crippen LogP contribution in [-0.2, 0) is 11.3 Å². The largest absolute Gasteiger partial charge is 0.492 e. The molecule has 1 amide bonds. The Kier molecular flexibility index (Phi) is 7.33. The topological polar surface area (TPSA) is 56.1 Å². The number of rotatable bonds is 8. The Morgan fingerprint density at radius 2 is 1.76 bits per heavy atom. The second-order valence-corrected chi connectivity index (χ2v) is 8.68. The predicted molar refractivity (Wildman–Crippen MR) is 138 cm³/mol. The molecule has 1 atom stereocenters. The zero-order valence-electron chi connectivity index (χ0n) is 19.6. The summed E-state index contributed by atoms with van der Waals surface area (Å²) in [7, 11) is 0. The normalized spacial score (nSPS) is 12.2. The SMILES string of the molecule is Cc1cc(OCCn2c(C(C)NC(=O)/C=C\c3ccccc3)nc3ccccc32)cc(C)c1Cl. The Bertz CT molecular complexity index is 1310. The first-order valence-corrected chi connectivity index (χ1v) is 11.7. The number of halogens is 1. The molecule has 0 saturated heterocycles. The monoisotopic (exact) mass is 473 g/mol. The Labute approximate surface area is 205 Å². The summed E-state index contributed by atoms with van der Waals surface area (Å²) in [6, 6.07) is 21.3. The summed E-state index contributed by atoms with van der Waals surface area (Å²) in [5.41, 5.74) is 4.85. The Hall–Kier alpha value is -3.57. The van der Waals surface area contributed by atoms with Gasteiger partial charge in [-0.05, 0) is 67.8 Å². The summed E-state index contributed by atoms with van der Waals surface area (Å²) < 4.78 is 8.15. The number of imidazole rings is 1. The van der Waals surface area contributed by atoms with Gasteiger partial charge in [0, 0.05) is 11.1 Å². The van der Waals surface area contributed by atoms with Gasteiger partial charge < -0.3 is 14.6 Å². The number of hydrogen-bond acceptors (Lipinski definition) is 3. The lowest BCUT2D eigenvalue weighted by molar-refractivity contribution is -0.117. The van der Waals surface area contributed by atoms with Gasteiger partial charge in [0.25, 0.3) is 0 Å². The summed E-state index contributed by atoms with van der Waals surface area (Å²) >= 11 is 6.28. The van der Waals surface area contributed by atoms with Crippen molar-refractivity contribution in [3.05, 3.63) is 100 Å². The third-order valence-electron chi connectivity index (χ3n) is 5.65. The van der Waals surface area contributed by atoms with E-state index in [9.17, 15) is 4.79 Å². The van der Waals surface area contributed by atoms with Crippen LogP contribution in [0.25, 0.3) is 17.1 Å². The van der Waals surface area contributed by atoms with E-state index in [1.807, 2.05) is 87.5 Å². The van der Waals surface area contributed by atoms with Crippen LogP contribution in [-0.4, -0.2) is 22.1 Å². The fourth-order valence-electron chi connectivity index (χ4n) is 3.97. The van der Waals surface area contributed by atoms with Gasteiger partial charge in [-0.2, -0.15) is 0 Å². The quantitative estimate of drug-likeness (QED) is 0.306. The van der Waals surface area contributed by atoms with Crippen LogP contribution in [0.2, 0.25) is 5.02 Å². The Balaban J connectivity index is 1.49. The van der Waals surface area contributed by atoms with Gasteiger partial charge in [-0.25, -0.2) is 4.98 Å². The highest BCUT2D eigenvalue weighted by atomic mass is 35.5. The van der Waals surface area contributed by atoms with Gasteiger partial charge in [-0.1, -0.05) is 54.1 Å². The molecular formula is C28H28ClN3O2. The highest BCUT2D eigenvalue weighted by molar-refractivity contribution is 6.32. The van der Waals surface area contributed by atoms with E-state index in [1.165, 1.54) is 0 Å². The molecule has 0 radical (unpaired) electrons. The summed E-state index contributed by atoms with van der Waals surface area (Å²) in [6.45, 7) is 6.94. The van der Waals surface area contributed by atoms with Crippen LogP contribution in [0.3, 0.4) is 0 Å². The van der Waals surface area contributed by atoms with Gasteiger partial charge in [0.2, 0.25) is 5.91 Å². The molecule has 174 valence electrons. The zero-order chi connectivity index (χ0) is 24.1. The third-order valence-corrected chi connectivity index (χ3v) is 6.25. The maximum atomic E-state index is 12.5. The second-order valence-electron chi connectivity index (χ2n) is 8.30. The number of ether oxygens (including phenoxy) is 1. The van der Waals surface area contributed by atoms with Crippen LogP contribution in [0.15, 0.2) is 72.8 Å². The molecule has 6 heteroatoms. The Morgan fingerprint density at radius 1 is 1.09 bits per heavy atom. The average molecular weight is 474 g/mol. The molecule has 1 heterocycles. The van der Waals surface area contributed by atoms with Crippen molar-refractivity contribution in [1.82, 2.24) is 14.9 Å². The van der Waals surface area contributed by atoms with E-state index in [4.69, 9.17) is 21.3 Å². The minimum atomic E-state index is -0.277. The number of nitrogens with zero attached hydrogens (tertiary/aromatic N) is 2. The van der Waals surface area contributed by atoms with E-state index in [2.05, 4.69) is 9.88 Å². The predicted octanol–water partition coefficient (Wildman–Crippen LogP) is 6.28. The summed E-state index contributed by atoms with van der Waals surface area (Å²) in [5, 5.41) is 3.80. The molecule has 0 saturated carbocycles. The number of nitrogens with one attached hydrogen (secondary N) is 1. The molecule has 0 aliphatic heterocycles. The molecule has 3 aromatic carbocycles. The van der Waals surface area contributed by atoms with Crippen LogP contribution >= 0.6 is 11.6 Å². The van der Waals surface area contributed by atoms with Crippen LogP contribution in [0.1, 0.15) is 35.5 Å². The minimum absolute atomic E-state index is 0.168. The summed E-state index contributed by atoms with van der Waals surface area (Å²) in [6.07, 6.45) is 3.35. The summed E-state index contributed by atoms with van der Waals surface area (Å²) in [4.78, 5) is 17.3. The van der Waals surface area contributed by atoms with E-state index >= 15 is 0 Å². The number of benzene rings is 3. The van der Waals surface area contributed by atoms with Crippen LogP contribution in [0, 0.1) is 13.8 Å². The molecule has 5 nitrogen and oxygen atoms in total. The van der Waals surface area contributed by atoms with Crippen molar-refractivity contribution in [3.63, 3.8) is 0 Å². The minimum Gasteiger partial charge on any atom is -0.492 e. The zero-order valence-corrected chi connectivity index (χ0v) is 20.3. The van der Waals surface area contributed by atoms with Crippen molar-refractivity contribution in [2.24, 2.45) is 0 Å². The molecule has 4 aromatic rings. The third kappa shape index (κ3) is 5.49. The number of aromatic nitrogens is 2. The number of amides is 1. The van der Waals surface area contributed by atoms with Crippen molar-refractivity contribution in [3.8, 4) is 5.75 Å². The molecule has 1 unspecified atom stereocenters. The van der Waals surface area contributed by atoms with Crippen molar-refractivity contribution in [2.75, 3.05) is 6.61 Å². The lowest BCUT2D eigenvalue weighted by Crippen LogP contribution is -2.27. The van der Waals surface area contributed by atoms with Crippen LogP contribution in [0.4, 0.5) is 0 Å². The van der Waals surface area contributed by atoms with E-state index in [1.54, 1.807) is 12.2 Å². The van der Waals surface area contributed by atoms with E-state index in [-0.39, 0.29) is 11.9 Å². The number of carbonyl (C=O) groups excluding carboxylic acids is 1. The van der Waals surface area contributed by atoms with Crippen molar-refractivity contribution in [1.29, 1.82) is 0 Å². The molecule has 0 fully saturated rings. The molecule has 0 spiro atoms. The number of para-hydroxylation sites is 2. The fourth-order valence-corrected chi connectivity index (χ4v) is 4.08. The highest BCUT2D eigenvalue weighted by Crippen LogP contribution is 2.26.